The van der Waals surface area contributed by atoms with Gasteiger partial charge in [0.2, 0.25) is 0 Å². The summed E-state index contributed by atoms with van der Waals surface area (Å²) in [7, 11) is 0. The van der Waals surface area contributed by atoms with E-state index in [4.69, 9.17) is 0 Å². The maximum Gasteiger partial charge on any atom is 0.181 e. The lowest BCUT2D eigenvalue weighted by molar-refractivity contribution is 1.46. The fourth-order valence-corrected chi connectivity index (χ4v) is 1.01. The summed E-state index contributed by atoms with van der Waals surface area (Å²) >= 11 is 3.31. The molecule has 0 unspecified atom stereocenters. The van der Waals surface area contributed by atoms with Crippen LogP contribution in [0.1, 0.15) is 6.92 Å². The summed E-state index contributed by atoms with van der Waals surface area (Å²) < 4.78 is 1.03. The monoisotopic (exact) mass is 169 g/mol. The Hall–Kier alpha value is -0.390. The fraction of sp³-hybridized carbons (Fsp3) is 0.143. The van der Waals surface area contributed by atoms with Gasteiger partial charge in [-0.15, -0.1) is 0 Å². The van der Waals surface area contributed by atoms with Crippen molar-refractivity contribution in [3.8, 4) is 0 Å². The molecule has 1 rings (SSSR count). The maximum absolute atomic E-state index is 3.31. The Morgan fingerprint density at radius 1 is 1.62 bits per heavy atom. The molecule has 0 fully saturated rings. The summed E-state index contributed by atoms with van der Waals surface area (Å²) in [6.45, 7) is 2.02. The second-order valence-electron chi connectivity index (χ2n) is 1.68. The molecule has 1 aliphatic carbocycles. The van der Waals surface area contributed by atoms with Gasteiger partial charge in [0.15, 0.2) is 4.48 Å². The van der Waals surface area contributed by atoms with Crippen LogP contribution in [0.4, 0.5) is 0 Å². The van der Waals surface area contributed by atoms with E-state index in [9.17, 15) is 0 Å². The summed E-state index contributed by atoms with van der Waals surface area (Å²) in [5.41, 5.74) is 1.17. The van der Waals surface area contributed by atoms with Crippen LogP contribution < -0.4 is 0 Å². The Morgan fingerprint density at radius 2 is 2.38 bits per heavy atom. The second-order valence-corrected chi connectivity index (χ2v) is 2.54. The van der Waals surface area contributed by atoms with Crippen molar-refractivity contribution in [2.45, 2.75) is 6.92 Å². The molecule has 40 valence electrons. The molecule has 0 saturated carbocycles. The molecule has 0 aromatic rings. The van der Waals surface area contributed by atoms with Crippen LogP contribution in [0.3, 0.4) is 0 Å². The molecule has 0 saturated heterocycles. The third-order valence-corrected chi connectivity index (χ3v) is 1.37. The van der Waals surface area contributed by atoms with E-state index in [0.717, 1.165) is 4.48 Å². The van der Waals surface area contributed by atoms with Crippen molar-refractivity contribution in [1.29, 1.82) is 0 Å². The molecule has 0 spiro atoms. The zero-order valence-electron chi connectivity index (χ0n) is 4.61. The lowest BCUT2D eigenvalue weighted by atomic mass is 10.2. The van der Waals surface area contributed by atoms with E-state index in [0.29, 0.717) is 0 Å². The highest BCUT2D eigenvalue weighted by Gasteiger charge is 2.01. The first-order chi connectivity index (χ1) is 3.79. The van der Waals surface area contributed by atoms with Crippen LogP contribution in [0.2, 0.25) is 0 Å². The Bertz CT molecular complexity index is 170. The van der Waals surface area contributed by atoms with Gasteiger partial charge in [0.1, 0.15) is 5.57 Å². The summed E-state index contributed by atoms with van der Waals surface area (Å²) in [6, 6.07) is 0. The van der Waals surface area contributed by atoms with E-state index >= 15 is 0 Å². The van der Waals surface area contributed by atoms with Gasteiger partial charge >= 0.3 is 0 Å². The maximum atomic E-state index is 3.31. The summed E-state index contributed by atoms with van der Waals surface area (Å²) in [6.07, 6.45) is 9.07. The highest BCUT2D eigenvalue weighted by Crippen LogP contribution is 2.13. The van der Waals surface area contributed by atoms with Gasteiger partial charge in [0, 0.05) is 0 Å². The van der Waals surface area contributed by atoms with Crippen LogP contribution in [-0.4, -0.2) is 0 Å². The fourth-order valence-electron chi connectivity index (χ4n) is 0.549. The number of allylic oxidation sites excluding steroid dienone is 6. The van der Waals surface area contributed by atoms with Crippen LogP contribution in [0.25, 0.3) is 0 Å². The quantitative estimate of drug-likeness (QED) is 0.490. The summed E-state index contributed by atoms with van der Waals surface area (Å²) in [5, 5.41) is 0. The van der Waals surface area contributed by atoms with Crippen molar-refractivity contribution in [3.63, 3.8) is 0 Å². The minimum absolute atomic E-state index is 1.03. The molecule has 8 heavy (non-hydrogen) atoms. The Labute approximate surface area is 57.7 Å². The standard InChI is InChI=1S/C7H6Br/c1-6-3-2-4-7(8)5-6/h2-4H,1H3/q+1. The molecule has 0 aromatic carbocycles. The lowest BCUT2D eigenvalue weighted by Crippen LogP contribution is -1.75. The summed E-state index contributed by atoms with van der Waals surface area (Å²) in [5.74, 6) is 0. The van der Waals surface area contributed by atoms with Gasteiger partial charge < -0.3 is 0 Å². The van der Waals surface area contributed by atoms with Crippen molar-refractivity contribution >= 4 is 15.9 Å². The molecule has 0 bridgehead atoms. The molecule has 1 aliphatic rings. The molecule has 0 heterocycles. The first kappa shape index (κ1) is 5.74. The molecule has 0 atom stereocenters. The largest absolute Gasteiger partial charge is 0.181 e. The molecular weight excluding hydrogens is 164 g/mol. The number of hydrogen-bond acceptors (Lipinski definition) is 0. The Morgan fingerprint density at radius 3 is 2.75 bits per heavy atom. The topological polar surface area (TPSA) is 0 Å². The van der Waals surface area contributed by atoms with Crippen LogP contribution in [0.15, 0.2) is 28.3 Å². The molecule has 0 aliphatic heterocycles. The zero-order valence-corrected chi connectivity index (χ0v) is 6.20. The molecule has 0 aromatic heterocycles. The zero-order chi connectivity index (χ0) is 5.98. The molecular formula is C7H6Br+. The van der Waals surface area contributed by atoms with Crippen molar-refractivity contribution in [2.75, 3.05) is 0 Å². The number of rotatable bonds is 0. The van der Waals surface area contributed by atoms with Crippen molar-refractivity contribution in [3.05, 3.63) is 34.4 Å². The predicted octanol–water partition coefficient (Wildman–Crippen LogP) is 2.58. The van der Waals surface area contributed by atoms with Gasteiger partial charge in [-0.3, -0.25) is 0 Å². The van der Waals surface area contributed by atoms with E-state index in [1.54, 1.807) is 0 Å². The van der Waals surface area contributed by atoms with Crippen molar-refractivity contribution < 1.29 is 0 Å². The second kappa shape index (κ2) is 2.25. The van der Waals surface area contributed by atoms with Gasteiger partial charge in [-0.2, -0.15) is 0 Å². The first-order valence-electron chi connectivity index (χ1n) is 2.43. The van der Waals surface area contributed by atoms with Gasteiger partial charge in [0.05, 0.1) is 24.3 Å². The van der Waals surface area contributed by atoms with Gasteiger partial charge in [-0.25, -0.2) is 0 Å². The average molecular weight is 170 g/mol. The van der Waals surface area contributed by atoms with Gasteiger partial charge in [-0.05, 0) is 22.9 Å². The average Bonchev–Trinajstić information content (AvgIpc) is 1.64. The first-order valence-corrected chi connectivity index (χ1v) is 3.23. The minimum Gasteiger partial charge on any atom is -0.00772 e. The van der Waals surface area contributed by atoms with E-state index in [1.165, 1.54) is 5.57 Å². The number of halogens is 1. The number of hydrogen-bond donors (Lipinski definition) is 0. The normalized spacial score (nSPS) is 16.8. The smallest absolute Gasteiger partial charge is 0.00772 e. The third-order valence-electron chi connectivity index (χ3n) is 0.905. The van der Waals surface area contributed by atoms with Crippen LogP contribution in [-0.2, 0) is 0 Å². The molecule has 0 nitrogen and oxygen atoms in total. The van der Waals surface area contributed by atoms with Gasteiger partial charge in [-0.1, -0.05) is 0 Å². The molecule has 0 amide bonds. The molecule has 0 N–H and O–H groups in total. The van der Waals surface area contributed by atoms with Gasteiger partial charge in [0.25, 0.3) is 0 Å². The lowest BCUT2D eigenvalue weighted by Gasteiger charge is -1.83. The van der Waals surface area contributed by atoms with Crippen LogP contribution in [0.5, 0.6) is 0 Å². The Balaban J connectivity index is 2.89. The Kier molecular flexibility index (Phi) is 1.62. The van der Waals surface area contributed by atoms with E-state index in [1.807, 2.05) is 25.2 Å². The van der Waals surface area contributed by atoms with E-state index in [-0.39, 0.29) is 0 Å². The van der Waals surface area contributed by atoms with Crippen LogP contribution in [0, 0.1) is 6.08 Å². The molecule has 1 heteroatoms. The van der Waals surface area contributed by atoms with Crippen molar-refractivity contribution in [1.82, 2.24) is 0 Å². The van der Waals surface area contributed by atoms with Crippen LogP contribution >= 0.6 is 15.9 Å². The molecule has 0 radical (unpaired) electrons. The summed E-state index contributed by atoms with van der Waals surface area (Å²) in [4.78, 5) is 0. The van der Waals surface area contributed by atoms with Crippen molar-refractivity contribution in [2.24, 2.45) is 0 Å². The highest BCUT2D eigenvalue weighted by molar-refractivity contribution is 9.11. The van der Waals surface area contributed by atoms with E-state index in [2.05, 4.69) is 22.0 Å². The minimum atomic E-state index is 1.03. The predicted molar refractivity (Wildman–Crippen MR) is 38.6 cm³/mol. The van der Waals surface area contributed by atoms with E-state index < -0.39 is 0 Å². The highest BCUT2D eigenvalue weighted by atomic mass is 79.9. The third kappa shape index (κ3) is 1.29. The SMILES string of the molecule is CC1=[C+]C(Br)=CC=C1.